The van der Waals surface area contributed by atoms with E-state index < -0.39 is 10.0 Å². The standard InChI is InChI=1S/C13H25N5O2S/c1-3-17-11-13(15-12(17)2)21(19,20)18-7-4-6-16(8-5-14)9-10-18/h11H,3-10,14H2,1-2H3. The van der Waals surface area contributed by atoms with Crippen LogP contribution in [0.4, 0.5) is 0 Å². The van der Waals surface area contributed by atoms with E-state index in [2.05, 4.69) is 9.88 Å². The molecule has 7 nitrogen and oxygen atoms in total. The van der Waals surface area contributed by atoms with E-state index in [1.807, 2.05) is 18.4 Å². The lowest BCUT2D eigenvalue weighted by atomic mass is 10.4. The van der Waals surface area contributed by atoms with Crippen molar-refractivity contribution in [3.63, 3.8) is 0 Å². The minimum Gasteiger partial charge on any atom is -0.334 e. The molecule has 0 amide bonds. The summed E-state index contributed by atoms with van der Waals surface area (Å²) in [5.74, 6) is 0.732. The van der Waals surface area contributed by atoms with Crippen molar-refractivity contribution in [2.45, 2.75) is 31.8 Å². The minimum atomic E-state index is -3.49. The highest BCUT2D eigenvalue weighted by Crippen LogP contribution is 2.17. The number of aryl methyl sites for hydroxylation is 2. The highest BCUT2D eigenvalue weighted by Gasteiger charge is 2.29. The Morgan fingerprint density at radius 2 is 2.05 bits per heavy atom. The highest BCUT2D eigenvalue weighted by molar-refractivity contribution is 7.89. The first-order valence-electron chi connectivity index (χ1n) is 7.45. The van der Waals surface area contributed by atoms with E-state index in [0.717, 1.165) is 38.4 Å². The number of nitrogens with two attached hydrogens (primary N) is 1. The van der Waals surface area contributed by atoms with Crippen molar-refractivity contribution in [3.05, 3.63) is 12.0 Å². The van der Waals surface area contributed by atoms with Gasteiger partial charge in [-0.25, -0.2) is 13.4 Å². The zero-order valence-electron chi connectivity index (χ0n) is 12.8. The van der Waals surface area contributed by atoms with Crippen LogP contribution in [0.3, 0.4) is 0 Å². The Kier molecular flexibility index (Phi) is 5.37. The van der Waals surface area contributed by atoms with Gasteiger partial charge in [0.15, 0.2) is 5.03 Å². The Labute approximate surface area is 126 Å². The summed E-state index contributed by atoms with van der Waals surface area (Å²) in [4.78, 5) is 6.43. The van der Waals surface area contributed by atoms with Gasteiger partial charge in [-0.2, -0.15) is 4.31 Å². The summed E-state index contributed by atoms with van der Waals surface area (Å²) in [5, 5.41) is 0.161. The SMILES string of the molecule is CCn1cc(S(=O)(=O)N2CCCN(CCN)CC2)nc1C. The molecule has 0 bridgehead atoms. The number of aromatic nitrogens is 2. The van der Waals surface area contributed by atoms with E-state index in [1.165, 1.54) is 0 Å². The first kappa shape index (κ1) is 16.4. The van der Waals surface area contributed by atoms with E-state index in [4.69, 9.17) is 5.73 Å². The fourth-order valence-electron chi connectivity index (χ4n) is 2.65. The molecule has 0 atom stereocenters. The second-order valence-corrected chi connectivity index (χ2v) is 7.19. The van der Waals surface area contributed by atoms with E-state index in [0.29, 0.717) is 19.6 Å². The fraction of sp³-hybridized carbons (Fsp3) is 0.769. The van der Waals surface area contributed by atoms with Gasteiger partial charge in [-0.15, -0.1) is 0 Å². The van der Waals surface area contributed by atoms with E-state index in [-0.39, 0.29) is 5.03 Å². The van der Waals surface area contributed by atoms with Crippen LogP contribution < -0.4 is 5.73 Å². The second-order valence-electron chi connectivity index (χ2n) is 5.30. The number of hydrogen-bond acceptors (Lipinski definition) is 5. The van der Waals surface area contributed by atoms with Gasteiger partial charge in [0.1, 0.15) is 5.82 Å². The molecule has 0 aromatic carbocycles. The van der Waals surface area contributed by atoms with Crippen LogP contribution >= 0.6 is 0 Å². The Bertz CT molecular complexity index is 569. The summed E-state index contributed by atoms with van der Waals surface area (Å²) in [6.45, 7) is 8.61. The van der Waals surface area contributed by atoms with Crippen molar-refractivity contribution in [3.8, 4) is 0 Å². The van der Waals surface area contributed by atoms with Crippen molar-refractivity contribution in [1.29, 1.82) is 0 Å². The third-order valence-corrected chi connectivity index (χ3v) is 5.66. The number of hydrogen-bond donors (Lipinski definition) is 1. The molecule has 2 heterocycles. The summed E-state index contributed by atoms with van der Waals surface area (Å²) in [5.41, 5.74) is 5.57. The van der Waals surface area contributed by atoms with Gasteiger partial charge in [-0.05, 0) is 26.8 Å². The molecule has 1 aromatic heterocycles. The van der Waals surface area contributed by atoms with Crippen molar-refractivity contribution >= 4 is 10.0 Å². The van der Waals surface area contributed by atoms with Crippen LogP contribution in [-0.4, -0.2) is 66.4 Å². The van der Waals surface area contributed by atoms with Crippen molar-refractivity contribution in [2.24, 2.45) is 5.73 Å². The average molecular weight is 315 g/mol. The molecule has 1 aliphatic heterocycles. The van der Waals surface area contributed by atoms with E-state index in [1.54, 1.807) is 10.5 Å². The zero-order valence-corrected chi connectivity index (χ0v) is 13.6. The first-order chi connectivity index (χ1) is 9.98. The lowest BCUT2D eigenvalue weighted by molar-refractivity contribution is 0.294. The predicted molar refractivity (Wildman–Crippen MR) is 81.5 cm³/mol. The van der Waals surface area contributed by atoms with Gasteiger partial charge in [0.05, 0.1) is 0 Å². The predicted octanol–water partition coefficient (Wildman–Crippen LogP) is -0.133. The number of sulfonamides is 1. The molecule has 1 fully saturated rings. The number of nitrogens with zero attached hydrogens (tertiary/aromatic N) is 4. The molecule has 0 saturated carbocycles. The molecule has 0 unspecified atom stereocenters. The average Bonchev–Trinajstić information content (AvgIpc) is 2.68. The highest BCUT2D eigenvalue weighted by atomic mass is 32.2. The van der Waals surface area contributed by atoms with Gasteiger partial charge in [0.2, 0.25) is 0 Å². The molecule has 1 saturated heterocycles. The van der Waals surface area contributed by atoms with Crippen molar-refractivity contribution in [2.75, 3.05) is 39.3 Å². The third-order valence-electron chi connectivity index (χ3n) is 3.89. The monoisotopic (exact) mass is 315 g/mol. The van der Waals surface area contributed by atoms with Crippen LogP contribution in [0.2, 0.25) is 0 Å². The first-order valence-corrected chi connectivity index (χ1v) is 8.89. The Hall–Kier alpha value is -0.960. The lowest BCUT2D eigenvalue weighted by Gasteiger charge is -2.20. The molecule has 1 aromatic rings. The van der Waals surface area contributed by atoms with Crippen LogP contribution in [-0.2, 0) is 16.6 Å². The van der Waals surface area contributed by atoms with Gasteiger partial charge in [0.25, 0.3) is 10.0 Å². The minimum absolute atomic E-state index is 0.161. The number of rotatable bonds is 5. The van der Waals surface area contributed by atoms with Crippen LogP contribution in [0, 0.1) is 6.92 Å². The second kappa shape index (κ2) is 6.87. The summed E-state index contributed by atoms with van der Waals surface area (Å²) < 4.78 is 28.8. The van der Waals surface area contributed by atoms with Gasteiger partial charge < -0.3 is 15.2 Å². The quantitative estimate of drug-likeness (QED) is 0.818. The Morgan fingerprint density at radius 1 is 1.29 bits per heavy atom. The molecule has 0 aliphatic carbocycles. The summed E-state index contributed by atoms with van der Waals surface area (Å²) in [6.07, 6.45) is 2.46. The largest absolute Gasteiger partial charge is 0.334 e. The van der Waals surface area contributed by atoms with Crippen LogP contribution in [0.5, 0.6) is 0 Å². The van der Waals surface area contributed by atoms with Gasteiger partial charge in [0, 0.05) is 45.5 Å². The maximum Gasteiger partial charge on any atom is 0.262 e. The number of imidazole rings is 1. The fourth-order valence-corrected chi connectivity index (χ4v) is 4.11. The summed E-state index contributed by atoms with van der Waals surface area (Å²) in [6, 6.07) is 0. The Balaban J connectivity index is 2.15. The maximum atomic E-state index is 12.7. The molecule has 2 N–H and O–H groups in total. The summed E-state index contributed by atoms with van der Waals surface area (Å²) in [7, 11) is -3.49. The molecule has 1 aliphatic rings. The molecule has 120 valence electrons. The lowest BCUT2D eigenvalue weighted by Crippen LogP contribution is -2.36. The zero-order chi connectivity index (χ0) is 15.5. The molecular weight excluding hydrogens is 290 g/mol. The van der Waals surface area contributed by atoms with Crippen LogP contribution in [0.1, 0.15) is 19.2 Å². The molecule has 0 radical (unpaired) electrons. The molecular formula is C13H25N5O2S. The third kappa shape index (κ3) is 3.63. The van der Waals surface area contributed by atoms with Crippen LogP contribution in [0.15, 0.2) is 11.2 Å². The van der Waals surface area contributed by atoms with Crippen molar-refractivity contribution in [1.82, 2.24) is 18.8 Å². The molecule has 2 rings (SSSR count). The smallest absolute Gasteiger partial charge is 0.262 e. The van der Waals surface area contributed by atoms with Crippen molar-refractivity contribution < 1.29 is 8.42 Å². The van der Waals surface area contributed by atoms with Gasteiger partial charge in [-0.1, -0.05) is 0 Å². The van der Waals surface area contributed by atoms with Gasteiger partial charge >= 0.3 is 0 Å². The topological polar surface area (TPSA) is 84.5 Å². The molecule has 21 heavy (non-hydrogen) atoms. The normalized spacial score (nSPS) is 18.8. The van der Waals surface area contributed by atoms with Gasteiger partial charge in [-0.3, -0.25) is 0 Å². The Morgan fingerprint density at radius 3 is 2.67 bits per heavy atom. The summed E-state index contributed by atoms with van der Waals surface area (Å²) >= 11 is 0. The molecule has 0 spiro atoms. The van der Waals surface area contributed by atoms with E-state index in [9.17, 15) is 8.42 Å². The molecule has 8 heteroatoms. The van der Waals surface area contributed by atoms with Crippen LogP contribution in [0.25, 0.3) is 0 Å². The van der Waals surface area contributed by atoms with E-state index >= 15 is 0 Å². The maximum absolute atomic E-state index is 12.7.